The molecule has 0 saturated carbocycles. The number of hydrogen-bond acceptors (Lipinski definition) is 1. The Morgan fingerprint density at radius 1 is 1.06 bits per heavy atom. The van der Waals surface area contributed by atoms with Crippen LogP contribution in [-0.2, 0) is 4.79 Å². The largest absolute Gasteiger partial charge is 0.346 e. The van der Waals surface area contributed by atoms with Crippen molar-refractivity contribution in [2.24, 2.45) is 0 Å². The Morgan fingerprint density at radius 2 is 1.56 bits per heavy atom. The van der Waals surface area contributed by atoms with Gasteiger partial charge in [-0.25, -0.2) is 0 Å². The predicted molar refractivity (Wildman–Crippen MR) is 70.4 cm³/mol. The average Bonchev–Trinajstić information content (AvgIpc) is 2.26. The average molecular weight is 225 g/mol. The highest BCUT2D eigenvalue weighted by molar-refractivity contribution is 5.72. The highest BCUT2D eigenvalue weighted by atomic mass is 16.2. The van der Waals surface area contributed by atoms with Crippen LogP contribution in [0.15, 0.2) is 12.7 Å². The molecule has 0 bridgehead atoms. The first-order valence-corrected chi connectivity index (χ1v) is 6.51. The highest BCUT2D eigenvalue weighted by Gasteiger charge is 2.00. The maximum Gasteiger partial charge on any atom is 0.219 e. The Labute approximate surface area is 101 Å². The summed E-state index contributed by atoms with van der Waals surface area (Å²) >= 11 is 0. The van der Waals surface area contributed by atoms with Crippen LogP contribution in [0.1, 0.15) is 58.3 Å². The van der Waals surface area contributed by atoms with Gasteiger partial charge in [0.1, 0.15) is 0 Å². The van der Waals surface area contributed by atoms with Crippen LogP contribution >= 0.6 is 0 Å². The lowest BCUT2D eigenvalue weighted by Gasteiger charge is -2.13. The Balaban J connectivity index is 3.09. The van der Waals surface area contributed by atoms with Gasteiger partial charge in [-0.2, -0.15) is 0 Å². The van der Waals surface area contributed by atoms with Crippen LogP contribution in [0.2, 0.25) is 0 Å². The van der Waals surface area contributed by atoms with Crippen molar-refractivity contribution in [2.45, 2.75) is 58.3 Å². The van der Waals surface area contributed by atoms with Gasteiger partial charge in [-0.15, -0.1) is 6.58 Å². The molecule has 0 aliphatic rings. The second kappa shape index (κ2) is 10.7. The molecule has 0 aliphatic carbocycles. The smallest absolute Gasteiger partial charge is 0.219 e. The normalized spacial score (nSPS) is 10.1. The molecule has 0 heterocycles. The van der Waals surface area contributed by atoms with E-state index in [1.807, 2.05) is 13.1 Å². The minimum Gasteiger partial charge on any atom is -0.346 e. The lowest BCUT2D eigenvalue weighted by Crippen LogP contribution is -2.24. The molecular formula is C14H27NO. The topological polar surface area (TPSA) is 20.3 Å². The summed E-state index contributed by atoms with van der Waals surface area (Å²) in [5.74, 6) is 0.171. The van der Waals surface area contributed by atoms with Crippen molar-refractivity contribution in [3.8, 4) is 0 Å². The zero-order valence-electron chi connectivity index (χ0n) is 11.0. The molecule has 0 radical (unpaired) electrons. The fourth-order valence-electron chi connectivity index (χ4n) is 1.68. The van der Waals surface area contributed by atoms with Gasteiger partial charge in [0.2, 0.25) is 5.91 Å². The van der Waals surface area contributed by atoms with Gasteiger partial charge in [0.15, 0.2) is 0 Å². The second-order valence-electron chi connectivity index (χ2n) is 4.49. The quantitative estimate of drug-likeness (QED) is 0.409. The van der Waals surface area contributed by atoms with Gasteiger partial charge < -0.3 is 4.90 Å². The first kappa shape index (κ1) is 15.2. The standard InChI is InChI=1S/C14H27NO/c1-4-5-6-7-8-9-10-11-12-13-15(3)14(2)16/h4H,1,5-13H2,2-3H3. The minimum atomic E-state index is 0.171. The third-order valence-electron chi connectivity index (χ3n) is 2.94. The van der Waals surface area contributed by atoms with E-state index in [0.717, 1.165) is 19.4 Å². The monoisotopic (exact) mass is 225 g/mol. The lowest BCUT2D eigenvalue weighted by atomic mass is 10.1. The van der Waals surface area contributed by atoms with Crippen LogP contribution in [0, 0.1) is 0 Å². The van der Waals surface area contributed by atoms with Crippen molar-refractivity contribution in [2.75, 3.05) is 13.6 Å². The molecule has 0 saturated heterocycles. The van der Waals surface area contributed by atoms with Gasteiger partial charge >= 0.3 is 0 Å². The number of unbranched alkanes of at least 4 members (excludes halogenated alkanes) is 7. The molecule has 0 spiro atoms. The summed E-state index contributed by atoms with van der Waals surface area (Å²) < 4.78 is 0. The molecule has 0 aromatic rings. The lowest BCUT2D eigenvalue weighted by molar-refractivity contribution is -0.127. The molecule has 0 rings (SSSR count). The summed E-state index contributed by atoms with van der Waals surface area (Å²) in [6, 6.07) is 0. The Hall–Kier alpha value is -0.790. The molecule has 0 aromatic carbocycles. The van der Waals surface area contributed by atoms with E-state index in [1.54, 1.807) is 11.8 Å². The van der Waals surface area contributed by atoms with E-state index in [0.29, 0.717) is 0 Å². The van der Waals surface area contributed by atoms with Crippen molar-refractivity contribution in [1.82, 2.24) is 4.90 Å². The number of rotatable bonds is 10. The Morgan fingerprint density at radius 3 is 2.06 bits per heavy atom. The minimum absolute atomic E-state index is 0.171. The Kier molecular flexibility index (Phi) is 10.2. The van der Waals surface area contributed by atoms with Crippen molar-refractivity contribution >= 4 is 5.91 Å². The van der Waals surface area contributed by atoms with Gasteiger partial charge in [0.25, 0.3) is 0 Å². The predicted octanol–water partition coefficient (Wildman–Crippen LogP) is 3.77. The molecule has 94 valence electrons. The van der Waals surface area contributed by atoms with E-state index in [9.17, 15) is 4.79 Å². The fraction of sp³-hybridized carbons (Fsp3) is 0.786. The second-order valence-corrected chi connectivity index (χ2v) is 4.49. The van der Waals surface area contributed by atoms with Crippen LogP contribution in [-0.4, -0.2) is 24.4 Å². The Bertz CT molecular complexity index is 189. The summed E-state index contributed by atoms with van der Waals surface area (Å²) in [5.41, 5.74) is 0. The summed E-state index contributed by atoms with van der Waals surface area (Å²) in [6.07, 6.45) is 12.1. The maximum atomic E-state index is 10.9. The van der Waals surface area contributed by atoms with Crippen LogP contribution in [0.25, 0.3) is 0 Å². The molecule has 16 heavy (non-hydrogen) atoms. The van der Waals surface area contributed by atoms with Gasteiger partial charge in [-0.3, -0.25) is 4.79 Å². The fourth-order valence-corrected chi connectivity index (χ4v) is 1.68. The van der Waals surface area contributed by atoms with Gasteiger partial charge in [0, 0.05) is 20.5 Å². The zero-order valence-corrected chi connectivity index (χ0v) is 11.0. The maximum absolute atomic E-state index is 10.9. The molecule has 0 unspecified atom stereocenters. The number of carbonyl (C=O) groups is 1. The van der Waals surface area contributed by atoms with E-state index >= 15 is 0 Å². The number of nitrogens with zero attached hydrogens (tertiary/aromatic N) is 1. The van der Waals surface area contributed by atoms with E-state index in [4.69, 9.17) is 0 Å². The summed E-state index contributed by atoms with van der Waals surface area (Å²) in [4.78, 5) is 12.7. The molecule has 0 aromatic heterocycles. The van der Waals surface area contributed by atoms with Gasteiger partial charge in [-0.1, -0.05) is 38.2 Å². The summed E-state index contributed by atoms with van der Waals surface area (Å²) in [6.45, 7) is 6.25. The van der Waals surface area contributed by atoms with Crippen LogP contribution in [0.5, 0.6) is 0 Å². The van der Waals surface area contributed by atoms with Gasteiger partial charge in [0.05, 0.1) is 0 Å². The van der Waals surface area contributed by atoms with Gasteiger partial charge in [-0.05, 0) is 19.3 Å². The zero-order chi connectivity index (χ0) is 12.2. The number of hydrogen-bond donors (Lipinski definition) is 0. The van der Waals surface area contributed by atoms with E-state index < -0.39 is 0 Å². The van der Waals surface area contributed by atoms with Crippen molar-refractivity contribution < 1.29 is 4.79 Å². The van der Waals surface area contributed by atoms with Crippen LogP contribution in [0.4, 0.5) is 0 Å². The van der Waals surface area contributed by atoms with Crippen LogP contribution in [0.3, 0.4) is 0 Å². The van der Waals surface area contributed by atoms with E-state index in [1.165, 1.54) is 38.5 Å². The van der Waals surface area contributed by atoms with Crippen molar-refractivity contribution in [3.63, 3.8) is 0 Å². The number of allylic oxidation sites excluding steroid dienone is 1. The van der Waals surface area contributed by atoms with Crippen LogP contribution < -0.4 is 0 Å². The third-order valence-corrected chi connectivity index (χ3v) is 2.94. The van der Waals surface area contributed by atoms with E-state index in [-0.39, 0.29) is 5.91 Å². The number of amides is 1. The summed E-state index contributed by atoms with van der Waals surface area (Å²) in [7, 11) is 1.87. The molecule has 0 N–H and O–H groups in total. The molecule has 2 heteroatoms. The SMILES string of the molecule is C=CCCCCCCCCCN(C)C(C)=O. The summed E-state index contributed by atoms with van der Waals surface area (Å²) in [5, 5.41) is 0. The van der Waals surface area contributed by atoms with Crippen molar-refractivity contribution in [3.05, 3.63) is 12.7 Å². The molecule has 0 fully saturated rings. The number of carbonyl (C=O) groups excluding carboxylic acids is 1. The molecular weight excluding hydrogens is 198 g/mol. The van der Waals surface area contributed by atoms with E-state index in [2.05, 4.69) is 6.58 Å². The molecule has 2 nitrogen and oxygen atoms in total. The first-order chi connectivity index (χ1) is 7.68. The molecule has 0 atom stereocenters. The highest BCUT2D eigenvalue weighted by Crippen LogP contribution is 2.08. The third kappa shape index (κ3) is 9.75. The molecule has 0 aliphatic heterocycles. The first-order valence-electron chi connectivity index (χ1n) is 6.51. The van der Waals surface area contributed by atoms with Crippen molar-refractivity contribution in [1.29, 1.82) is 0 Å². The molecule has 1 amide bonds.